The summed E-state index contributed by atoms with van der Waals surface area (Å²) in [6, 6.07) is 8.94. The minimum Gasteiger partial charge on any atom is -0.421 e. The van der Waals surface area contributed by atoms with E-state index in [4.69, 9.17) is 4.42 Å². The Bertz CT molecular complexity index is 1730. The van der Waals surface area contributed by atoms with E-state index in [2.05, 4.69) is 15.3 Å². The first-order chi connectivity index (χ1) is 19.0. The van der Waals surface area contributed by atoms with Crippen molar-refractivity contribution in [1.29, 1.82) is 0 Å². The Kier molecular flexibility index (Phi) is 6.00. The van der Waals surface area contributed by atoms with Gasteiger partial charge in [0.05, 0.1) is 33.5 Å². The number of hydrogen-bond acceptors (Lipinski definition) is 7. The lowest BCUT2D eigenvalue weighted by atomic mass is 9.66. The summed E-state index contributed by atoms with van der Waals surface area (Å²) in [5, 5.41) is 11.7. The van der Waals surface area contributed by atoms with Crippen molar-refractivity contribution in [2.24, 2.45) is 5.41 Å². The van der Waals surface area contributed by atoms with Crippen LogP contribution in [0, 0.1) is 11.2 Å². The molecular formula is C26H19F4N5O4S. The Morgan fingerprint density at radius 3 is 2.42 bits per heavy atom. The Hall–Kier alpha value is -4.17. The SMILES string of the molecule is O=C(c1nnco1)[C@]12Cc3cnn(-c4ccc(F)cc4)c3C=C1CCN(S(=O)(=O)c1ccc(C(F)(F)F)cc1)C2. The van der Waals surface area contributed by atoms with Crippen molar-refractivity contribution < 1.29 is 35.2 Å². The predicted octanol–water partition coefficient (Wildman–Crippen LogP) is 4.32. The van der Waals surface area contributed by atoms with Crippen molar-refractivity contribution in [3.63, 3.8) is 0 Å². The van der Waals surface area contributed by atoms with E-state index in [1.807, 2.05) is 0 Å². The number of piperidine rings is 1. The van der Waals surface area contributed by atoms with Gasteiger partial charge in [0, 0.05) is 13.1 Å². The van der Waals surface area contributed by atoms with Gasteiger partial charge >= 0.3 is 6.18 Å². The number of sulfonamides is 1. The number of benzene rings is 2. The third kappa shape index (κ3) is 4.23. The van der Waals surface area contributed by atoms with E-state index >= 15 is 0 Å². The minimum absolute atomic E-state index is 0.0198. The molecule has 40 heavy (non-hydrogen) atoms. The molecule has 4 aromatic rings. The van der Waals surface area contributed by atoms with E-state index in [0.717, 1.165) is 22.8 Å². The molecule has 2 aliphatic rings. The lowest BCUT2D eigenvalue weighted by Gasteiger charge is -2.44. The molecule has 1 fully saturated rings. The molecule has 9 nitrogen and oxygen atoms in total. The van der Waals surface area contributed by atoms with Crippen LogP contribution in [0.3, 0.4) is 0 Å². The maximum atomic E-state index is 13.9. The molecule has 0 spiro atoms. The highest BCUT2D eigenvalue weighted by Crippen LogP contribution is 2.47. The fourth-order valence-corrected chi connectivity index (χ4v) is 6.75. The lowest BCUT2D eigenvalue weighted by molar-refractivity contribution is -0.137. The summed E-state index contributed by atoms with van der Waals surface area (Å²) in [6.45, 7) is -0.321. The van der Waals surface area contributed by atoms with Crippen LogP contribution < -0.4 is 0 Å². The van der Waals surface area contributed by atoms with Crippen LogP contribution in [0.25, 0.3) is 11.8 Å². The van der Waals surface area contributed by atoms with Gasteiger partial charge in [0.1, 0.15) is 5.82 Å². The molecule has 1 atom stereocenters. The highest BCUT2D eigenvalue weighted by Gasteiger charge is 2.52. The van der Waals surface area contributed by atoms with Crippen molar-refractivity contribution in [2.45, 2.75) is 23.9 Å². The van der Waals surface area contributed by atoms with Crippen molar-refractivity contribution in [1.82, 2.24) is 24.3 Å². The molecule has 1 saturated heterocycles. The molecule has 0 bridgehead atoms. The number of hydrogen-bond donors (Lipinski definition) is 0. The normalized spacial score (nSPS) is 19.6. The number of halogens is 4. The summed E-state index contributed by atoms with van der Waals surface area (Å²) in [5.74, 6) is -1.29. The number of carbonyl (C=O) groups is 1. The Labute approximate surface area is 224 Å². The molecule has 1 aliphatic carbocycles. The predicted molar refractivity (Wildman–Crippen MR) is 131 cm³/mol. The zero-order valence-corrected chi connectivity index (χ0v) is 21.3. The molecule has 2 aromatic heterocycles. The number of alkyl halides is 3. The van der Waals surface area contributed by atoms with E-state index in [9.17, 15) is 30.8 Å². The zero-order valence-electron chi connectivity index (χ0n) is 20.5. The van der Waals surface area contributed by atoms with Gasteiger partial charge in [0.15, 0.2) is 0 Å². The first-order valence-corrected chi connectivity index (χ1v) is 13.5. The van der Waals surface area contributed by atoms with Crippen LogP contribution in [0.1, 0.15) is 33.9 Å². The van der Waals surface area contributed by atoms with Crippen molar-refractivity contribution in [3.05, 3.63) is 95.2 Å². The molecule has 0 amide bonds. The highest BCUT2D eigenvalue weighted by molar-refractivity contribution is 7.89. The van der Waals surface area contributed by atoms with E-state index in [-0.39, 0.29) is 36.7 Å². The average molecular weight is 574 g/mol. The second-order valence-corrected chi connectivity index (χ2v) is 11.5. The molecule has 0 N–H and O–H groups in total. The van der Waals surface area contributed by atoms with Gasteiger partial charge in [-0.1, -0.05) is 5.57 Å². The van der Waals surface area contributed by atoms with Crippen LogP contribution in [0.4, 0.5) is 17.6 Å². The monoisotopic (exact) mass is 573 g/mol. The van der Waals surface area contributed by atoms with Crippen LogP contribution in [-0.2, 0) is 22.6 Å². The van der Waals surface area contributed by atoms with Gasteiger partial charge in [0.25, 0.3) is 5.89 Å². The molecule has 14 heteroatoms. The number of aromatic nitrogens is 4. The van der Waals surface area contributed by atoms with Gasteiger partial charge in [-0.25, -0.2) is 17.5 Å². The number of nitrogens with zero attached hydrogens (tertiary/aromatic N) is 5. The summed E-state index contributed by atoms with van der Waals surface area (Å²) in [4.78, 5) is 13.5. The molecule has 2 aromatic carbocycles. The molecule has 0 unspecified atom stereocenters. The van der Waals surface area contributed by atoms with Gasteiger partial charge in [0.2, 0.25) is 22.2 Å². The Morgan fingerprint density at radius 1 is 1.05 bits per heavy atom. The van der Waals surface area contributed by atoms with Gasteiger partial charge in [-0.05, 0) is 73.0 Å². The summed E-state index contributed by atoms with van der Waals surface area (Å²) < 4.78 is 87.6. The number of ketones is 1. The van der Waals surface area contributed by atoms with E-state index in [0.29, 0.717) is 34.7 Å². The summed E-state index contributed by atoms with van der Waals surface area (Å²) in [7, 11) is -4.27. The fourth-order valence-electron chi connectivity index (χ4n) is 5.25. The van der Waals surface area contributed by atoms with Crippen LogP contribution in [0.2, 0.25) is 0 Å². The first kappa shape index (κ1) is 26.1. The molecule has 206 valence electrons. The molecular weight excluding hydrogens is 554 g/mol. The van der Waals surface area contributed by atoms with Crippen LogP contribution >= 0.6 is 0 Å². The van der Waals surface area contributed by atoms with Gasteiger partial charge in [-0.15, -0.1) is 10.2 Å². The Balaban J connectivity index is 1.40. The standard InChI is InChI=1S/C26H19F4N5O4S/c27-19-3-5-20(6-4-19)35-22-11-18-9-10-34(40(37,38)21-7-1-17(2-8-21)26(28,29)30)14-25(18,12-16(22)13-32-35)23(36)24-33-31-15-39-24/h1-8,11,13,15H,9-10,12,14H2/t25-/m0/s1. The van der Waals surface area contributed by atoms with Gasteiger partial charge < -0.3 is 4.42 Å². The highest BCUT2D eigenvalue weighted by atomic mass is 32.2. The van der Waals surface area contributed by atoms with Crippen molar-refractivity contribution >= 4 is 21.9 Å². The van der Waals surface area contributed by atoms with Crippen molar-refractivity contribution in [2.75, 3.05) is 13.1 Å². The minimum atomic E-state index is -4.62. The second-order valence-electron chi connectivity index (χ2n) is 9.56. The smallest absolute Gasteiger partial charge is 0.416 e. The summed E-state index contributed by atoms with van der Waals surface area (Å²) in [6.07, 6.45) is -0.105. The zero-order chi connectivity index (χ0) is 28.3. The number of Topliss-reactive ketones (excluding diaryl/α,β-unsaturated/α-hetero) is 1. The molecule has 0 radical (unpaired) electrons. The first-order valence-electron chi connectivity index (χ1n) is 12.0. The maximum absolute atomic E-state index is 13.9. The Morgan fingerprint density at radius 2 is 1.77 bits per heavy atom. The molecule has 0 saturated carbocycles. The van der Waals surface area contributed by atoms with Crippen LogP contribution in [0.5, 0.6) is 0 Å². The average Bonchev–Trinajstić information content (AvgIpc) is 3.61. The van der Waals surface area contributed by atoms with Crippen molar-refractivity contribution in [3.8, 4) is 5.69 Å². The number of fused-ring (bicyclic) bond motifs is 2. The third-order valence-corrected chi connectivity index (χ3v) is 9.12. The summed E-state index contributed by atoms with van der Waals surface area (Å²) in [5.41, 5.74) is 0.108. The van der Waals surface area contributed by atoms with E-state index in [1.54, 1.807) is 29.1 Å². The quantitative estimate of drug-likeness (QED) is 0.258. The van der Waals surface area contributed by atoms with E-state index in [1.165, 1.54) is 12.1 Å². The lowest BCUT2D eigenvalue weighted by Crippen LogP contribution is -2.53. The third-order valence-electron chi connectivity index (χ3n) is 7.26. The van der Waals surface area contributed by atoms with E-state index < -0.39 is 38.8 Å². The molecule has 1 aliphatic heterocycles. The fraction of sp³-hybridized carbons (Fsp3) is 0.231. The molecule has 3 heterocycles. The molecule has 6 rings (SSSR count). The number of carbonyl (C=O) groups excluding carboxylic acids is 1. The topological polar surface area (TPSA) is 111 Å². The maximum Gasteiger partial charge on any atom is 0.416 e. The summed E-state index contributed by atoms with van der Waals surface area (Å²) >= 11 is 0. The van der Waals surface area contributed by atoms with Gasteiger partial charge in [-0.2, -0.15) is 22.6 Å². The van der Waals surface area contributed by atoms with Gasteiger partial charge in [-0.3, -0.25) is 4.79 Å². The largest absolute Gasteiger partial charge is 0.421 e. The number of rotatable bonds is 5. The second kappa shape index (κ2) is 9.20. The van der Waals surface area contributed by atoms with Crippen LogP contribution in [-0.4, -0.2) is 51.6 Å². The van der Waals surface area contributed by atoms with Crippen LogP contribution in [0.15, 0.2) is 76.0 Å².